The molecule has 0 saturated heterocycles. The highest BCUT2D eigenvalue weighted by Gasteiger charge is 2.41. The third-order valence-electron chi connectivity index (χ3n) is 4.10. The molecule has 2 N–H and O–H groups in total. The largest absolute Gasteiger partial charge is 0.389 e. The van der Waals surface area contributed by atoms with Crippen molar-refractivity contribution in [3.05, 3.63) is 0 Å². The molecule has 2 rings (SSSR count). The van der Waals surface area contributed by atoms with Gasteiger partial charge >= 0.3 is 0 Å². The van der Waals surface area contributed by atoms with Crippen molar-refractivity contribution < 1.29 is 5.11 Å². The van der Waals surface area contributed by atoms with Gasteiger partial charge in [-0.05, 0) is 64.7 Å². The van der Waals surface area contributed by atoms with Crippen molar-refractivity contribution in [3.63, 3.8) is 0 Å². The van der Waals surface area contributed by atoms with Crippen LogP contribution in [-0.2, 0) is 0 Å². The van der Waals surface area contributed by atoms with Crippen LogP contribution in [0, 0.1) is 11.8 Å². The summed E-state index contributed by atoms with van der Waals surface area (Å²) < 4.78 is 0. The van der Waals surface area contributed by atoms with Crippen LogP contribution in [0.2, 0.25) is 0 Å². The van der Waals surface area contributed by atoms with E-state index in [9.17, 15) is 5.11 Å². The number of hydrogen-bond acceptors (Lipinski definition) is 2. The fraction of sp³-hybridized carbons (Fsp3) is 1.00. The Morgan fingerprint density at radius 2 is 1.88 bits per heavy atom. The lowest BCUT2D eigenvalue weighted by atomic mass is 9.75. The maximum absolute atomic E-state index is 10.6. The van der Waals surface area contributed by atoms with Crippen LogP contribution < -0.4 is 5.32 Å². The first-order valence-corrected chi connectivity index (χ1v) is 6.85. The van der Waals surface area contributed by atoms with Gasteiger partial charge in [0.15, 0.2) is 0 Å². The summed E-state index contributed by atoms with van der Waals surface area (Å²) in [6.07, 6.45) is 7.40. The molecule has 2 saturated carbocycles. The quantitative estimate of drug-likeness (QED) is 0.774. The molecule has 0 amide bonds. The van der Waals surface area contributed by atoms with E-state index in [0.29, 0.717) is 0 Å². The first kappa shape index (κ1) is 12.4. The van der Waals surface area contributed by atoms with Crippen LogP contribution in [0.5, 0.6) is 0 Å². The Hall–Kier alpha value is -0.0800. The summed E-state index contributed by atoms with van der Waals surface area (Å²) >= 11 is 0. The Morgan fingerprint density at radius 1 is 1.19 bits per heavy atom. The van der Waals surface area contributed by atoms with E-state index in [0.717, 1.165) is 31.2 Å². The van der Waals surface area contributed by atoms with Gasteiger partial charge in [0.25, 0.3) is 0 Å². The Bertz CT molecular complexity index is 242. The van der Waals surface area contributed by atoms with Gasteiger partial charge in [0, 0.05) is 12.1 Å². The summed E-state index contributed by atoms with van der Waals surface area (Å²) in [5.41, 5.74) is -0.318. The zero-order valence-electron chi connectivity index (χ0n) is 11.1. The molecule has 0 aromatic carbocycles. The molecular weight excluding hydrogens is 198 g/mol. The van der Waals surface area contributed by atoms with E-state index in [1.54, 1.807) is 0 Å². The number of β-amino-alcohol motifs (C(OH)–C–C–N with tert-alkyl or cyclic N) is 1. The zero-order valence-corrected chi connectivity index (χ0v) is 11.1. The second-order valence-electron chi connectivity index (χ2n) is 7.02. The fourth-order valence-electron chi connectivity index (χ4n) is 2.95. The fourth-order valence-corrected chi connectivity index (χ4v) is 2.95. The molecule has 2 aliphatic rings. The molecular formula is C14H27NO. The SMILES string of the molecule is CC(C)(C)NCC1(O)CCCC(C2CC2)C1. The molecule has 0 aliphatic heterocycles. The Kier molecular flexibility index (Phi) is 3.33. The molecule has 2 fully saturated rings. The lowest BCUT2D eigenvalue weighted by molar-refractivity contribution is -0.0228. The average molecular weight is 225 g/mol. The maximum Gasteiger partial charge on any atom is 0.0774 e. The number of aliphatic hydroxyl groups is 1. The van der Waals surface area contributed by atoms with Gasteiger partial charge in [-0.1, -0.05) is 6.42 Å². The van der Waals surface area contributed by atoms with Gasteiger partial charge in [-0.3, -0.25) is 0 Å². The third-order valence-corrected chi connectivity index (χ3v) is 4.10. The molecule has 0 radical (unpaired) electrons. The van der Waals surface area contributed by atoms with Crippen LogP contribution in [0.3, 0.4) is 0 Å². The van der Waals surface area contributed by atoms with Crippen molar-refractivity contribution in [2.24, 2.45) is 11.8 Å². The van der Waals surface area contributed by atoms with E-state index in [-0.39, 0.29) is 5.54 Å². The van der Waals surface area contributed by atoms with Gasteiger partial charge in [0.05, 0.1) is 5.60 Å². The second kappa shape index (κ2) is 4.30. The minimum absolute atomic E-state index is 0.113. The molecule has 94 valence electrons. The van der Waals surface area contributed by atoms with E-state index in [4.69, 9.17) is 0 Å². The minimum atomic E-state index is -0.432. The number of nitrogens with one attached hydrogen (secondary N) is 1. The van der Waals surface area contributed by atoms with Crippen LogP contribution in [0.25, 0.3) is 0 Å². The average Bonchev–Trinajstić information content (AvgIpc) is 2.97. The highest BCUT2D eigenvalue weighted by atomic mass is 16.3. The van der Waals surface area contributed by atoms with Crippen LogP contribution in [0.4, 0.5) is 0 Å². The van der Waals surface area contributed by atoms with E-state index in [1.807, 2.05) is 0 Å². The maximum atomic E-state index is 10.6. The number of hydrogen-bond donors (Lipinski definition) is 2. The predicted molar refractivity (Wildman–Crippen MR) is 67.4 cm³/mol. The lowest BCUT2D eigenvalue weighted by Gasteiger charge is -2.39. The second-order valence-corrected chi connectivity index (χ2v) is 7.02. The van der Waals surface area contributed by atoms with Crippen LogP contribution >= 0.6 is 0 Å². The normalized spacial score (nSPS) is 36.4. The lowest BCUT2D eigenvalue weighted by Crippen LogP contribution is -2.50. The smallest absolute Gasteiger partial charge is 0.0774 e. The minimum Gasteiger partial charge on any atom is -0.389 e. The molecule has 0 bridgehead atoms. The van der Waals surface area contributed by atoms with E-state index in [1.165, 1.54) is 25.7 Å². The standard InChI is InChI=1S/C14H27NO/c1-13(2,3)15-10-14(16)8-4-5-12(9-14)11-6-7-11/h11-12,15-16H,4-10H2,1-3H3. The van der Waals surface area contributed by atoms with Crippen molar-refractivity contribution in [1.82, 2.24) is 5.32 Å². The molecule has 2 aliphatic carbocycles. The zero-order chi connectivity index (χ0) is 11.8. The predicted octanol–water partition coefficient (Wildman–Crippen LogP) is 2.71. The van der Waals surface area contributed by atoms with Crippen molar-refractivity contribution in [2.75, 3.05) is 6.54 Å². The highest BCUT2D eigenvalue weighted by molar-refractivity contribution is 4.94. The molecule has 0 aromatic rings. The van der Waals surface area contributed by atoms with Crippen LogP contribution in [0.1, 0.15) is 59.3 Å². The molecule has 2 atom stereocenters. The summed E-state index contributed by atoms with van der Waals surface area (Å²) in [4.78, 5) is 0. The molecule has 0 aromatic heterocycles. The Morgan fingerprint density at radius 3 is 2.44 bits per heavy atom. The van der Waals surface area contributed by atoms with Crippen molar-refractivity contribution in [1.29, 1.82) is 0 Å². The van der Waals surface area contributed by atoms with Gasteiger partial charge in [-0.25, -0.2) is 0 Å². The number of rotatable bonds is 3. The molecule has 0 spiro atoms. The van der Waals surface area contributed by atoms with Gasteiger partial charge in [0.1, 0.15) is 0 Å². The molecule has 2 nitrogen and oxygen atoms in total. The van der Waals surface area contributed by atoms with Gasteiger partial charge in [0.2, 0.25) is 0 Å². The van der Waals surface area contributed by atoms with Crippen molar-refractivity contribution in [3.8, 4) is 0 Å². The Labute approximate surface area is 99.8 Å². The molecule has 16 heavy (non-hydrogen) atoms. The van der Waals surface area contributed by atoms with Gasteiger partial charge in [-0.2, -0.15) is 0 Å². The Balaban J connectivity index is 1.85. The molecule has 2 heteroatoms. The van der Waals surface area contributed by atoms with Gasteiger partial charge in [-0.15, -0.1) is 0 Å². The van der Waals surface area contributed by atoms with Crippen LogP contribution in [-0.4, -0.2) is 22.8 Å². The van der Waals surface area contributed by atoms with E-state index >= 15 is 0 Å². The third kappa shape index (κ3) is 3.46. The monoisotopic (exact) mass is 225 g/mol. The first-order chi connectivity index (χ1) is 7.38. The summed E-state index contributed by atoms with van der Waals surface area (Å²) in [7, 11) is 0. The molecule has 2 unspecified atom stereocenters. The highest BCUT2D eigenvalue weighted by Crippen LogP contribution is 2.46. The summed E-state index contributed by atoms with van der Waals surface area (Å²) in [6.45, 7) is 7.26. The topological polar surface area (TPSA) is 32.3 Å². The van der Waals surface area contributed by atoms with Crippen LogP contribution in [0.15, 0.2) is 0 Å². The van der Waals surface area contributed by atoms with Crippen molar-refractivity contribution in [2.45, 2.75) is 70.4 Å². The van der Waals surface area contributed by atoms with E-state index in [2.05, 4.69) is 26.1 Å². The summed E-state index contributed by atoms with van der Waals surface area (Å²) in [5, 5.41) is 14.1. The van der Waals surface area contributed by atoms with Gasteiger partial charge < -0.3 is 10.4 Å². The first-order valence-electron chi connectivity index (χ1n) is 6.85. The van der Waals surface area contributed by atoms with E-state index < -0.39 is 5.60 Å². The van der Waals surface area contributed by atoms with Crippen molar-refractivity contribution >= 4 is 0 Å². The summed E-state index contributed by atoms with van der Waals surface area (Å²) in [5.74, 6) is 1.75. The summed E-state index contributed by atoms with van der Waals surface area (Å²) in [6, 6.07) is 0. The molecule has 0 heterocycles.